The second-order valence-electron chi connectivity index (χ2n) is 6.97. The van der Waals surface area contributed by atoms with Crippen molar-refractivity contribution in [1.82, 2.24) is 4.90 Å². The number of rotatable bonds is 6. The fourth-order valence-corrected chi connectivity index (χ4v) is 3.00. The van der Waals surface area contributed by atoms with E-state index in [1.165, 1.54) is 5.56 Å². The van der Waals surface area contributed by atoms with Crippen LogP contribution in [0.25, 0.3) is 0 Å². The fraction of sp³-hybridized carbons (Fsp3) is 0.304. The molecule has 2 rings (SSSR count). The predicted molar refractivity (Wildman–Crippen MR) is 122 cm³/mol. The van der Waals surface area contributed by atoms with Crippen molar-refractivity contribution in [2.75, 3.05) is 20.1 Å². The molecule has 0 amide bonds. The molecule has 2 aromatic rings. The molecule has 0 radical (unpaired) electrons. The molecule has 5 heteroatoms. The number of aliphatic imine (C=N–C) groups is 1. The average Bonchev–Trinajstić information content (AvgIpc) is 2.64. The van der Waals surface area contributed by atoms with Crippen molar-refractivity contribution in [3.63, 3.8) is 0 Å². The van der Waals surface area contributed by atoms with Gasteiger partial charge in [0.05, 0.1) is 19.2 Å². The second kappa shape index (κ2) is 10.1. The summed E-state index contributed by atoms with van der Waals surface area (Å²) in [5.74, 6) is 3.53. The Kier molecular flexibility index (Phi) is 7.86. The van der Waals surface area contributed by atoms with Gasteiger partial charge in [0.15, 0.2) is 5.84 Å². The molecule has 0 aromatic heterocycles. The van der Waals surface area contributed by atoms with E-state index in [2.05, 4.69) is 41.4 Å². The highest BCUT2D eigenvalue weighted by atomic mass is 32.1. The molecule has 1 N–H and O–H groups in total. The number of hydrogen-bond donors (Lipinski definition) is 1. The minimum absolute atomic E-state index is 0.146. The van der Waals surface area contributed by atoms with Gasteiger partial charge in [0, 0.05) is 12.1 Å². The van der Waals surface area contributed by atoms with Crippen molar-refractivity contribution < 1.29 is 4.74 Å². The van der Waals surface area contributed by atoms with Crippen LogP contribution in [-0.2, 0) is 19.0 Å². The molecule has 0 spiro atoms. The van der Waals surface area contributed by atoms with E-state index in [1.54, 1.807) is 0 Å². The summed E-state index contributed by atoms with van der Waals surface area (Å²) in [4.78, 5) is 6.34. The van der Waals surface area contributed by atoms with E-state index in [4.69, 9.17) is 16.6 Å². The summed E-state index contributed by atoms with van der Waals surface area (Å²) >= 11 is 3.39. The number of amidine groups is 1. The molecular formula is C23H28N3OS+. The number of benzene rings is 2. The van der Waals surface area contributed by atoms with Gasteiger partial charge in [-0.3, -0.25) is 10.3 Å². The SMILES string of the molecule is C#CCN(C)CCc1cc(C)c(OC([SH2+])=NC(=N)c2ccc(C)cc2)cc1C. The lowest BCUT2D eigenvalue weighted by atomic mass is 10.0. The van der Waals surface area contributed by atoms with Crippen molar-refractivity contribution in [1.29, 1.82) is 5.41 Å². The molecule has 0 aliphatic rings. The Balaban J connectivity index is 2.08. The highest BCUT2D eigenvalue weighted by Crippen LogP contribution is 2.24. The van der Waals surface area contributed by atoms with Crippen LogP contribution in [0.15, 0.2) is 41.4 Å². The summed E-state index contributed by atoms with van der Waals surface area (Å²) in [7, 11) is 2.02. The summed E-state index contributed by atoms with van der Waals surface area (Å²) in [6, 6.07) is 11.8. The largest absolute Gasteiger partial charge is 0.414 e. The van der Waals surface area contributed by atoms with Gasteiger partial charge in [0.25, 0.3) is 0 Å². The van der Waals surface area contributed by atoms with Crippen LogP contribution >= 0.6 is 0 Å². The van der Waals surface area contributed by atoms with Gasteiger partial charge in [-0.15, -0.1) is 11.4 Å². The molecule has 4 nitrogen and oxygen atoms in total. The maximum absolute atomic E-state index is 8.14. The number of nitrogens with one attached hydrogen (secondary N) is 1. The molecule has 0 heterocycles. The minimum atomic E-state index is 0.146. The minimum Gasteiger partial charge on any atom is -0.402 e. The number of terminal acetylenes is 1. The smallest absolute Gasteiger partial charge is 0.402 e. The number of aryl methyl sites for hydroxylation is 3. The molecule has 0 unspecified atom stereocenters. The first-order valence-electron chi connectivity index (χ1n) is 9.16. The fourth-order valence-electron chi connectivity index (χ4n) is 2.78. The van der Waals surface area contributed by atoms with Gasteiger partial charge in [0.2, 0.25) is 0 Å². The molecule has 146 valence electrons. The molecule has 0 bridgehead atoms. The Morgan fingerprint density at radius 2 is 1.86 bits per heavy atom. The van der Waals surface area contributed by atoms with Crippen molar-refractivity contribution in [3.05, 3.63) is 64.2 Å². The second-order valence-corrected chi connectivity index (χ2v) is 7.40. The molecule has 0 atom stereocenters. The number of ether oxygens (including phenoxy) is 1. The number of likely N-dealkylation sites (N-methyl/N-ethyl adjacent to an activating group) is 1. The Morgan fingerprint density at radius 1 is 1.18 bits per heavy atom. The first kappa shape index (κ1) is 21.7. The third kappa shape index (κ3) is 6.26. The van der Waals surface area contributed by atoms with Gasteiger partial charge in [-0.05, 0) is 57.0 Å². The topological polar surface area (TPSA) is 48.7 Å². The van der Waals surface area contributed by atoms with Crippen molar-refractivity contribution >= 4 is 23.7 Å². The third-order valence-corrected chi connectivity index (χ3v) is 4.72. The Bertz CT molecular complexity index is 911. The summed E-state index contributed by atoms with van der Waals surface area (Å²) in [6.07, 6.45) is 6.29. The van der Waals surface area contributed by atoms with Gasteiger partial charge >= 0.3 is 5.23 Å². The molecule has 0 fully saturated rings. The van der Waals surface area contributed by atoms with E-state index >= 15 is 0 Å². The number of nitrogens with zero attached hydrogens (tertiary/aromatic N) is 2. The van der Waals surface area contributed by atoms with E-state index in [-0.39, 0.29) is 11.1 Å². The molecule has 0 saturated carbocycles. The summed E-state index contributed by atoms with van der Waals surface area (Å²) in [6.45, 7) is 7.64. The third-order valence-electron chi connectivity index (χ3n) is 4.50. The van der Waals surface area contributed by atoms with Gasteiger partial charge in [-0.2, -0.15) is 0 Å². The highest BCUT2D eigenvalue weighted by molar-refractivity contribution is 7.77. The van der Waals surface area contributed by atoms with Crippen LogP contribution < -0.4 is 4.74 Å². The van der Waals surface area contributed by atoms with Crippen LogP contribution in [-0.4, -0.2) is 36.1 Å². The van der Waals surface area contributed by atoms with Gasteiger partial charge in [0.1, 0.15) is 5.75 Å². The van der Waals surface area contributed by atoms with Gasteiger partial charge < -0.3 is 4.74 Å². The Morgan fingerprint density at radius 3 is 2.50 bits per heavy atom. The van der Waals surface area contributed by atoms with Crippen LogP contribution in [0.4, 0.5) is 0 Å². The van der Waals surface area contributed by atoms with Gasteiger partial charge in [-0.1, -0.05) is 41.8 Å². The summed E-state index contributed by atoms with van der Waals surface area (Å²) < 4.78 is 5.85. The lowest BCUT2D eigenvalue weighted by molar-refractivity contribution is 0.380. The average molecular weight is 395 g/mol. The van der Waals surface area contributed by atoms with Crippen LogP contribution in [0.5, 0.6) is 5.75 Å². The zero-order valence-electron chi connectivity index (χ0n) is 17.0. The molecule has 0 aliphatic heterocycles. The van der Waals surface area contributed by atoms with Crippen LogP contribution in [0.1, 0.15) is 27.8 Å². The maximum Gasteiger partial charge on any atom is 0.414 e. The Hall–Kier alpha value is -2.55. The maximum atomic E-state index is 8.14. The van der Waals surface area contributed by atoms with E-state index in [0.717, 1.165) is 41.0 Å². The highest BCUT2D eigenvalue weighted by Gasteiger charge is 2.12. The van der Waals surface area contributed by atoms with Gasteiger partial charge in [-0.25, -0.2) is 0 Å². The van der Waals surface area contributed by atoms with Crippen molar-refractivity contribution in [2.45, 2.75) is 27.2 Å². The first-order chi connectivity index (χ1) is 13.3. The molecule has 0 aliphatic carbocycles. The Labute approximate surface area is 173 Å². The van der Waals surface area contributed by atoms with Crippen LogP contribution in [0.3, 0.4) is 0 Å². The van der Waals surface area contributed by atoms with Crippen LogP contribution in [0, 0.1) is 38.5 Å². The first-order valence-corrected chi connectivity index (χ1v) is 9.66. The normalized spacial score (nSPS) is 11.4. The van der Waals surface area contributed by atoms with Crippen molar-refractivity contribution in [2.24, 2.45) is 4.99 Å². The molecular weight excluding hydrogens is 366 g/mol. The van der Waals surface area contributed by atoms with E-state index in [9.17, 15) is 0 Å². The monoisotopic (exact) mass is 394 g/mol. The van der Waals surface area contributed by atoms with Crippen LogP contribution in [0.2, 0.25) is 0 Å². The summed E-state index contributed by atoms with van der Waals surface area (Å²) in [5, 5.41) is 8.40. The molecule has 2 aromatic carbocycles. The lowest BCUT2D eigenvalue weighted by Crippen LogP contribution is -2.21. The zero-order valence-corrected chi connectivity index (χ0v) is 18.0. The van der Waals surface area contributed by atoms with E-state index in [1.807, 2.05) is 51.2 Å². The van der Waals surface area contributed by atoms with Crippen molar-refractivity contribution in [3.8, 4) is 18.1 Å². The number of hydrogen-bond acceptors (Lipinski definition) is 3. The molecule has 0 saturated heterocycles. The van der Waals surface area contributed by atoms with E-state index in [0.29, 0.717) is 6.54 Å². The standard InChI is InChI=1S/C23H27N3OS/c1-6-12-26(5)13-11-20-14-18(4)21(15-17(20)3)27-23(28)25-22(24)19-9-7-16(2)8-10-19/h1,7-10,14-15H,11-13H2,2-5H3,(H2,24,25,28)/p+1. The zero-order chi connectivity index (χ0) is 20.7. The van der Waals surface area contributed by atoms with E-state index < -0.39 is 0 Å². The molecule has 28 heavy (non-hydrogen) atoms. The lowest BCUT2D eigenvalue weighted by Gasteiger charge is -2.15. The predicted octanol–water partition coefficient (Wildman–Crippen LogP) is 3.49. The summed E-state index contributed by atoms with van der Waals surface area (Å²) in [5.41, 5.74) is 5.33. The quantitative estimate of drug-likeness (QED) is 0.353.